The molecule has 146 valence electrons. The Morgan fingerprint density at radius 2 is 1.59 bits per heavy atom. The third-order valence-electron chi connectivity index (χ3n) is 5.33. The molecule has 0 amide bonds. The molecule has 4 heteroatoms. The summed E-state index contributed by atoms with van der Waals surface area (Å²) >= 11 is 0. The standard InChI is InChI=1S/C23H31NO3/c1-6-24(7-2)15-16-27-22(25)23(26,20-11-9-8-10-12-20)21-18(4)14-13-17(3)19(21)5/h8-14,26H,6-7,15-16H2,1-5H3. The molecule has 0 fully saturated rings. The van der Waals surface area contributed by atoms with E-state index in [4.69, 9.17) is 4.74 Å². The molecule has 2 rings (SSSR count). The van der Waals surface area contributed by atoms with Gasteiger partial charge in [-0.2, -0.15) is 0 Å². The van der Waals surface area contributed by atoms with Crippen LogP contribution in [0, 0.1) is 20.8 Å². The number of esters is 1. The van der Waals surface area contributed by atoms with Crippen molar-refractivity contribution in [1.29, 1.82) is 0 Å². The Hall–Kier alpha value is -2.17. The molecule has 1 atom stereocenters. The second kappa shape index (κ2) is 9.16. The van der Waals surface area contributed by atoms with Crippen molar-refractivity contribution < 1.29 is 14.6 Å². The number of likely N-dealkylation sites (N-methyl/N-ethyl adjacent to an activating group) is 1. The smallest absolute Gasteiger partial charge is 0.347 e. The van der Waals surface area contributed by atoms with Gasteiger partial charge in [-0.25, -0.2) is 4.79 Å². The number of carbonyl (C=O) groups excluding carboxylic acids is 1. The first kappa shape index (κ1) is 21.1. The molecule has 0 heterocycles. The summed E-state index contributed by atoms with van der Waals surface area (Å²) in [5.41, 5.74) is 2.11. The van der Waals surface area contributed by atoms with E-state index in [0.717, 1.165) is 29.8 Å². The van der Waals surface area contributed by atoms with Crippen molar-refractivity contribution in [1.82, 2.24) is 4.90 Å². The first-order valence-electron chi connectivity index (χ1n) is 9.60. The third-order valence-corrected chi connectivity index (χ3v) is 5.33. The Labute approximate surface area is 162 Å². The van der Waals surface area contributed by atoms with E-state index in [-0.39, 0.29) is 6.61 Å². The molecule has 0 bridgehead atoms. The van der Waals surface area contributed by atoms with E-state index in [1.54, 1.807) is 12.1 Å². The highest BCUT2D eigenvalue weighted by molar-refractivity contribution is 5.86. The minimum atomic E-state index is -1.83. The quantitative estimate of drug-likeness (QED) is 0.720. The highest BCUT2D eigenvalue weighted by Crippen LogP contribution is 2.36. The van der Waals surface area contributed by atoms with Crippen LogP contribution in [0.15, 0.2) is 42.5 Å². The molecule has 1 N–H and O–H groups in total. The van der Waals surface area contributed by atoms with Crippen molar-refractivity contribution in [2.75, 3.05) is 26.2 Å². The molecule has 1 unspecified atom stereocenters. The number of carbonyl (C=O) groups is 1. The number of hydrogen-bond acceptors (Lipinski definition) is 4. The van der Waals surface area contributed by atoms with Gasteiger partial charge in [-0.15, -0.1) is 0 Å². The van der Waals surface area contributed by atoms with Crippen LogP contribution in [-0.4, -0.2) is 42.2 Å². The summed E-state index contributed by atoms with van der Waals surface area (Å²) < 4.78 is 5.57. The fourth-order valence-corrected chi connectivity index (χ4v) is 3.46. The molecule has 2 aromatic rings. The molecule has 0 spiro atoms. The van der Waals surface area contributed by atoms with Crippen LogP contribution in [-0.2, 0) is 15.1 Å². The Bertz CT molecular complexity index is 769. The van der Waals surface area contributed by atoms with E-state index in [0.29, 0.717) is 17.7 Å². The van der Waals surface area contributed by atoms with Crippen molar-refractivity contribution >= 4 is 5.97 Å². The average Bonchev–Trinajstić information content (AvgIpc) is 2.68. The molecule has 4 nitrogen and oxygen atoms in total. The molecule has 0 radical (unpaired) electrons. The summed E-state index contributed by atoms with van der Waals surface area (Å²) in [5, 5.41) is 11.7. The molecule has 0 saturated heterocycles. The lowest BCUT2D eigenvalue weighted by Crippen LogP contribution is -2.41. The predicted molar refractivity (Wildman–Crippen MR) is 109 cm³/mol. The van der Waals surface area contributed by atoms with Crippen molar-refractivity contribution in [3.63, 3.8) is 0 Å². The van der Waals surface area contributed by atoms with Crippen LogP contribution >= 0.6 is 0 Å². The highest BCUT2D eigenvalue weighted by Gasteiger charge is 2.44. The van der Waals surface area contributed by atoms with Gasteiger partial charge in [-0.05, 0) is 56.1 Å². The van der Waals surface area contributed by atoms with E-state index < -0.39 is 11.6 Å². The number of nitrogens with zero attached hydrogens (tertiary/aromatic N) is 1. The van der Waals surface area contributed by atoms with Gasteiger partial charge >= 0.3 is 5.97 Å². The maximum atomic E-state index is 13.1. The maximum absolute atomic E-state index is 13.1. The predicted octanol–water partition coefficient (Wildman–Crippen LogP) is 3.73. The number of aliphatic hydroxyl groups is 1. The van der Waals surface area contributed by atoms with Crippen LogP contribution in [0.1, 0.15) is 41.7 Å². The largest absolute Gasteiger partial charge is 0.462 e. The van der Waals surface area contributed by atoms with E-state index in [2.05, 4.69) is 18.7 Å². The second-order valence-electron chi connectivity index (χ2n) is 6.94. The zero-order valence-electron chi connectivity index (χ0n) is 17.1. The molecule has 27 heavy (non-hydrogen) atoms. The van der Waals surface area contributed by atoms with Crippen molar-refractivity contribution in [3.8, 4) is 0 Å². The van der Waals surface area contributed by atoms with Gasteiger partial charge < -0.3 is 14.7 Å². The molecular weight excluding hydrogens is 338 g/mol. The molecule has 0 aliphatic heterocycles. The zero-order chi connectivity index (χ0) is 20.0. The number of ether oxygens (including phenoxy) is 1. The van der Waals surface area contributed by atoms with Gasteiger partial charge in [0.05, 0.1) is 0 Å². The van der Waals surface area contributed by atoms with Gasteiger partial charge in [-0.1, -0.05) is 56.3 Å². The van der Waals surface area contributed by atoms with Crippen LogP contribution in [0.5, 0.6) is 0 Å². The zero-order valence-corrected chi connectivity index (χ0v) is 17.1. The normalized spacial score (nSPS) is 13.4. The van der Waals surface area contributed by atoms with Crippen molar-refractivity contribution in [3.05, 3.63) is 70.3 Å². The van der Waals surface area contributed by atoms with Crippen LogP contribution in [0.4, 0.5) is 0 Å². The van der Waals surface area contributed by atoms with Gasteiger partial charge in [0.2, 0.25) is 5.60 Å². The van der Waals surface area contributed by atoms with Crippen molar-refractivity contribution in [2.45, 2.75) is 40.2 Å². The number of aryl methyl sites for hydroxylation is 2. The van der Waals surface area contributed by atoms with Gasteiger partial charge in [0.15, 0.2) is 0 Å². The lowest BCUT2D eigenvalue weighted by molar-refractivity contribution is -0.162. The Morgan fingerprint density at radius 1 is 1.00 bits per heavy atom. The van der Waals surface area contributed by atoms with E-state index in [9.17, 15) is 9.90 Å². The minimum absolute atomic E-state index is 0.250. The Morgan fingerprint density at radius 3 is 2.19 bits per heavy atom. The van der Waals surface area contributed by atoms with Crippen LogP contribution < -0.4 is 0 Å². The lowest BCUT2D eigenvalue weighted by Gasteiger charge is -2.31. The van der Waals surface area contributed by atoms with Crippen LogP contribution in [0.25, 0.3) is 0 Å². The molecular formula is C23H31NO3. The Kier molecular flexibility index (Phi) is 7.17. The summed E-state index contributed by atoms with van der Waals surface area (Å²) in [5.74, 6) is -0.627. The summed E-state index contributed by atoms with van der Waals surface area (Å²) in [6.07, 6.45) is 0. The fraction of sp³-hybridized carbons (Fsp3) is 0.435. The highest BCUT2D eigenvalue weighted by atomic mass is 16.5. The SMILES string of the molecule is CCN(CC)CCOC(=O)C(O)(c1ccccc1)c1c(C)ccc(C)c1C. The number of benzene rings is 2. The first-order chi connectivity index (χ1) is 12.9. The van der Waals surface area contributed by atoms with Gasteiger partial charge in [0, 0.05) is 12.1 Å². The lowest BCUT2D eigenvalue weighted by atomic mass is 9.80. The Balaban J connectivity index is 2.44. The van der Waals surface area contributed by atoms with Gasteiger partial charge in [-0.3, -0.25) is 0 Å². The number of hydrogen-bond donors (Lipinski definition) is 1. The molecule has 0 aliphatic rings. The van der Waals surface area contributed by atoms with E-state index in [1.807, 2.05) is 51.1 Å². The summed E-state index contributed by atoms with van der Waals surface area (Å²) in [6, 6.07) is 13.0. The van der Waals surface area contributed by atoms with Crippen LogP contribution in [0.3, 0.4) is 0 Å². The fourth-order valence-electron chi connectivity index (χ4n) is 3.46. The third kappa shape index (κ3) is 4.40. The first-order valence-corrected chi connectivity index (χ1v) is 9.60. The molecule has 0 aliphatic carbocycles. The monoisotopic (exact) mass is 369 g/mol. The number of rotatable bonds is 8. The topological polar surface area (TPSA) is 49.8 Å². The van der Waals surface area contributed by atoms with Gasteiger partial charge in [0.1, 0.15) is 6.61 Å². The molecule has 2 aromatic carbocycles. The summed E-state index contributed by atoms with van der Waals surface area (Å²) in [6.45, 7) is 12.7. The van der Waals surface area contributed by atoms with Crippen molar-refractivity contribution in [2.24, 2.45) is 0 Å². The second-order valence-corrected chi connectivity index (χ2v) is 6.94. The average molecular weight is 370 g/mol. The summed E-state index contributed by atoms with van der Waals surface area (Å²) in [4.78, 5) is 15.3. The van der Waals surface area contributed by atoms with Gasteiger partial charge in [0.25, 0.3) is 0 Å². The molecule has 0 saturated carbocycles. The molecule has 0 aromatic heterocycles. The van der Waals surface area contributed by atoms with Crippen LogP contribution in [0.2, 0.25) is 0 Å². The summed E-state index contributed by atoms with van der Waals surface area (Å²) in [7, 11) is 0. The maximum Gasteiger partial charge on any atom is 0.347 e. The van der Waals surface area contributed by atoms with E-state index >= 15 is 0 Å². The minimum Gasteiger partial charge on any atom is -0.462 e. The van der Waals surface area contributed by atoms with E-state index in [1.165, 1.54) is 0 Å².